The summed E-state index contributed by atoms with van der Waals surface area (Å²) in [6, 6.07) is 18.4. The van der Waals surface area contributed by atoms with E-state index in [2.05, 4.69) is 15.6 Å². The SMILES string of the molecule is Cc1ccc([C@H](C(=O)NC[C@@H]2CCCO2)N(Cc2cccs2)C(=O)Cn2nnc3ccccc32)cc1. The van der Waals surface area contributed by atoms with E-state index in [-0.39, 0.29) is 24.5 Å². The maximum absolute atomic E-state index is 13.9. The van der Waals surface area contributed by atoms with Crippen LogP contribution in [0.15, 0.2) is 66.0 Å². The second kappa shape index (κ2) is 11.0. The van der Waals surface area contributed by atoms with Gasteiger partial charge in [0.15, 0.2) is 0 Å². The van der Waals surface area contributed by atoms with E-state index in [1.807, 2.05) is 73.0 Å². The van der Waals surface area contributed by atoms with Gasteiger partial charge in [-0.25, -0.2) is 4.68 Å². The van der Waals surface area contributed by atoms with Gasteiger partial charge in [-0.15, -0.1) is 16.4 Å². The van der Waals surface area contributed by atoms with E-state index in [9.17, 15) is 9.59 Å². The van der Waals surface area contributed by atoms with Crippen LogP contribution in [-0.4, -0.2) is 51.0 Å². The number of amides is 2. The molecule has 0 aliphatic carbocycles. The van der Waals surface area contributed by atoms with Gasteiger partial charge in [0.2, 0.25) is 11.8 Å². The monoisotopic (exact) mass is 503 g/mol. The van der Waals surface area contributed by atoms with Crippen LogP contribution in [0.4, 0.5) is 0 Å². The molecular formula is C27H29N5O3S. The summed E-state index contributed by atoms with van der Waals surface area (Å²) in [4.78, 5) is 30.2. The maximum Gasteiger partial charge on any atom is 0.247 e. The molecule has 0 spiro atoms. The highest BCUT2D eigenvalue weighted by Gasteiger charge is 2.33. The Bertz CT molecular complexity index is 1310. The Hall–Kier alpha value is -3.56. The van der Waals surface area contributed by atoms with Crippen LogP contribution in [0.25, 0.3) is 11.0 Å². The van der Waals surface area contributed by atoms with Gasteiger partial charge in [0, 0.05) is 18.0 Å². The first kappa shape index (κ1) is 24.1. The normalized spacial score (nSPS) is 16.2. The molecule has 1 fully saturated rings. The third kappa shape index (κ3) is 5.47. The van der Waals surface area contributed by atoms with Gasteiger partial charge in [-0.05, 0) is 48.9 Å². The summed E-state index contributed by atoms with van der Waals surface area (Å²) < 4.78 is 7.29. The van der Waals surface area contributed by atoms with Gasteiger partial charge in [-0.3, -0.25) is 9.59 Å². The minimum Gasteiger partial charge on any atom is -0.376 e. The lowest BCUT2D eigenvalue weighted by atomic mass is 10.0. The predicted molar refractivity (Wildman–Crippen MR) is 138 cm³/mol. The lowest BCUT2D eigenvalue weighted by molar-refractivity contribution is -0.142. The Balaban J connectivity index is 1.47. The number of hydrogen-bond donors (Lipinski definition) is 1. The first-order chi connectivity index (χ1) is 17.6. The number of aromatic nitrogens is 3. The molecule has 1 aliphatic heterocycles. The van der Waals surface area contributed by atoms with Gasteiger partial charge in [-0.1, -0.05) is 53.2 Å². The lowest BCUT2D eigenvalue weighted by Crippen LogP contribution is -2.46. The van der Waals surface area contributed by atoms with Crippen molar-refractivity contribution in [3.8, 4) is 0 Å². The molecular weight excluding hydrogens is 474 g/mol. The highest BCUT2D eigenvalue weighted by molar-refractivity contribution is 7.09. The Labute approximate surface area is 213 Å². The molecule has 1 N–H and O–H groups in total. The number of nitrogens with zero attached hydrogens (tertiary/aromatic N) is 4. The summed E-state index contributed by atoms with van der Waals surface area (Å²) in [7, 11) is 0. The first-order valence-corrected chi connectivity index (χ1v) is 13.0. The molecule has 4 aromatic rings. The molecule has 0 radical (unpaired) electrons. The van der Waals surface area contributed by atoms with Crippen LogP contribution in [0.5, 0.6) is 0 Å². The van der Waals surface area contributed by atoms with Crippen LogP contribution >= 0.6 is 11.3 Å². The zero-order valence-electron chi connectivity index (χ0n) is 20.2. The number of benzene rings is 2. The Morgan fingerprint density at radius 3 is 2.75 bits per heavy atom. The molecule has 5 rings (SSSR count). The minimum atomic E-state index is -0.795. The largest absolute Gasteiger partial charge is 0.376 e. The van der Waals surface area contributed by atoms with Crippen molar-refractivity contribution in [2.75, 3.05) is 13.2 Å². The minimum absolute atomic E-state index is 0.00979. The molecule has 0 saturated carbocycles. The second-order valence-electron chi connectivity index (χ2n) is 9.03. The number of para-hydroxylation sites is 1. The highest BCUT2D eigenvalue weighted by Crippen LogP contribution is 2.27. The highest BCUT2D eigenvalue weighted by atomic mass is 32.1. The topological polar surface area (TPSA) is 89.4 Å². The van der Waals surface area contributed by atoms with Gasteiger partial charge in [0.25, 0.3) is 0 Å². The van der Waals surface area contributed by atoms with Gasteiger partial charge >= 0.3 is 0 Å². The van der Waals surface area contributed by atoms with E-state index >= 15 is 0 Å². The average molecular weight is 504 g/mol. The molecule has 36 heavy (non-hydrogen) atoms. The third-order valence-corrected chi connectivity index (χ3v) is 7.27. The quantitative estimate of drug-likeness (QED) is 0.375. The molecule has 0 unspecified atom stereocenters. The zero-order chi connectivity index (χ0) is 24.9. The van der Waals surface area contributed by atoms with E-state index in [1.165, 1.54) is 0 Å². The number of rotatable bonds is 9. The summed E-state index contributed by atoms with van der Waals surface area (Å²) in [6.07, 6.45) is 1.93. The molecule has 9 heteroatoms. The number of aryl methyl sites for hydroxylation is 1. The fourth-order valence-electron chi connectivity index (χ4n) is 4.48. The van der Waals surface area contributed by atoms with Crippen molar-refractivity contribution < 1.29 is 14.3 Å². The maximum atomic E-state index is 13.9. The molecule has 186 valence electrons. The standard InChI is InChI=1S/C27H29N5O3S/c1-19-10-12-20(13-11-19)26(27(34)28-16-21-6-4-14-35-21)31(17-22-7-5-15-36-22)25(33)18-32-24-9-3-2-8-23(24)29-30-32/h2-3,5,7-13,15,21,26H,4,6,14,16-18H2,1H3,(H,28,34)/t21-,26+/m0/s1. The number of nitrogens with one attached hydrogen (secondary N) is 1. The molecule has 2 amide bonds. The van der Waals surface area contributed by atoms with E-state index in [0.29, 0.717) is 13.1 Å². The fourth-order valence-corrected chi connectivity index (χ4v) is 5.19. The Kier molecular flexibility index (Phi) is 7.39. The van der Waals surface area contributed by atoms with Crippen molar-refractivity contribution in [2.45, 2.75) is 45.0 Å². The zero-order valence-corrected chi connectivity index (χ0v) is 21.0. The van der Waals surface area contributed by atoms with Crippen molar-refractivity contribution in [1.29, 1.82) is 0 Å². The predicted octanol–water partition coefficient (Wildman–Crippen LogP) is 3.87. The lowest BCUT2D eigenvalue weighted by Gasteiger charge is -2.31. The van der Waals surface area contributed by atoms with Gasteiger partial charge < -0.3 is 15.0 Å². The first-order valence-electron chi connectivity index (χ1n) is 12.1. The number of ether oxygens (including phenoxy) is 1. The Morgan fingerprint density at radius 2 is 2.00 bits per heavy atom. The smallest absolute Gasteiger partial charge is 0.247 e. The van der Waals surface area contributed by atoms with Crippen molar-refractivity contribution in [2.24, 2.45) is 0 Å². The molecule has 2 atom stereocenters. The summed E-state index contributed by atoms with van der Waals surface area (Å²) in [6.45, 7) is 3.44. The van der Waals surface area contributed by atoms with Crippen molar-refractivity contribution in [1.82, 2.24) is 25.2 Å². The van der Waals surface area contributed by atoms with E-state index < -0.39 is 6.04 Å². The average Bonchev–Trinajstić information content (AvgIpc) is 3.67. The van der Waals surface area contributed by atoms with E-state index in [1.54, 1.807) is 20.9 Å². The van der Waals surface area contributed by atoms with E-state index in [4.69, 9.17) is 4.74 Å². The molecule has 0 bridgehead atoms. The molecule has 2 aromatic carbocycles. The summed E-state index contributed by atoms with van der Waals surface area (Å²) >= 11 is 1.56. The Morgan fingerprint density at radius 1 is 1.17 bits per heavy atom. The van der Waals surface area contributed by atoms with Crippen LogP contribution in [-0.2, 0) is 27.4 Å². The second-order valence-corrected chi connectivity index (χ2v) is 10.1. The van der Waals surface area contributed by atoms with Crippen LogP contribution < -0.4 is 5.32 Å². The van der Waals surface area contributed by atoms with Gasteiger partial charge in [-0.2, -0.15) is 0 Å². The molecule has 8 nitrogen and oxygen atoms in total. The molecule has 1 saturated heterocycles. The van der Waals surface area contributed by atoms with Crippen molar-refractivity contribution in [3.63, 3.8) is 0 Å². The molecule has 1 aliphatic rings. The van der Waals surface area contributed by atoms with Crippen LogP contribution in [0, 0.1) is 6.92 Å². The van der Waals surface area contributed by atoms with Gasteiger partial charge in [0.05, 0.1) is 18.2 Å². The summed E-state index contributed by atoms with van der Waals surface area (Å²) in [5.41, 5.74) is 3.34. The van der Waals surface area contributed by atoms with Crippen LogP contribution in [0.1, 0.15) is 34.9 Å². The summed E-state index contributed by atoms with van der Waals surface area (Å²) in [5, 5.41) is 13.4. The number of thiophene rings is 1. The molecule has 3 heterocycles. The van der Waals surface area contributed by atoms with Crippen molar-refractivity contribution >= 4 is 34.2 Å². The number of fused-ring (bicyclic) bond motifs is 1. The van der Waals surface area contributed by atoms with Crippen molar-refractivity contribution in [3.05, 3.63) is 82.0 Å². The third-order valence-electron chi connectivity index (χ3n) is 6.41. The van der Waals surface area contributed by atoms with Gasteiger partial charge in [0.1, 0.15) is 18.1 Å². The molecule has 2 aromatic heterocycles. The number of hydrogen-bond acceptors (Lipinski definition) is 6. The fraction of sp³-hybridized carbons (Fsp3) is 0.333. The van der Waals surface area contributed by atoms with Crippen LogP contribution in [0.3, 0.4) is 0 Å². The summed E-state index contributed by atoms with van der Waals surface area (Å²) in [5.74, 6) is -0.431. The van der Waals surface area contributed by atoms with E-state index in [0.717, 1.165) is 46.5 Å². The van der Waals surface area contributed by atoms with Crippen LogP contribution in [0.2, 0.25) is 0 Å². The number of carbonyl (C=O) groups excluding carboxylic acids is 2. The number of carbonyl (C=O) groups is 2.